The van der Waals surface area contributed by atoms with Crippen molar-refractivity contribution in [3.05, 3.63) is 53.2 Å². The van der Waals surface area contributed by atoms with Gasteiger partial charge in [-0.05, 0) is 24.6 Å². The number of benzene rings is 1. The van der Waals surface area contributed by atoms with Crippen LogP contribution in [0.15, 0.2) is 30.6 Å². The van der Waals surface area contributed by atoms with Gasteiger partial charge in [-0.25, -0.2) is 27.5 Å². The molecular formula is C15H19FN4O2S. The minimum atomic E-state index is -3.32. The Morgan fingerprint density at radius 3 is 2.65 bits per heavy atom. The molecule has 0 saturated heterocycles. The van der Waals surface area contributed by atoms with Gasteiger partial charge in [0.25, 0.3) is 0 Å². The van der Waals surface area contributed by atoms with E-state index in [4.69, 9.17) is 0 Å². The Bertz CT molecular complexity index is 781. The van der Waals surface area contributed by atoms with Crippen LogP contribution in [0.4, 0.5) is 10.2 Å². The van der Waals surface area contributed by atoms with Crippen LogP contribution >= 0.6 is 0 Å². The molecule has 1 aromatic heterocycles. The third kappa shape index (κ3) is 4.70. The Labute approximate surface area is 135 Å². The second-order valence-corrected chi connectivity index (χ2v) is 6.90. The Hall–Kier alpha value is -2.06. The van der Waals surface area contributed by atoms with Gasteiger partial charge in [0.15, 0.2) is 11.6 Å². The molecule has 0 saturated carbocycles. The summed E-state index contributed by atoms with van der Waals surface area (Å²) in [5.74, 6) is -0.409. The van der Waals surface area contributed by atoms with E-state index in [1.54, 1.807) is 18.2 Å². The standard InChI is InChI=1S/C15H19FN4O2S/c1-3-13-14(16)15(20-10-19-13)18-8-11-5-4-6-12(7-11)9-23(21,22)17-2/h4-7,10,17H,3,8-9H2,1-2H3,(H,18,19,20). The Morgan fingerprint density at radius 1 is 1.22 bits per heavy atom. The highest BCUT2D eigenvalue weighted by molar-refractivity contribution is 7.88. The largest absolute Gasteiger partial charge is 0.363 e. The molecule has 124 valence electrons. The molecule has 1 aromatic carbocycles. The number of anilines is 1. The first-order chi connectivity index (χ1) is 10.9. The van der Waals surface area contributed by atoms with Gasteiger partial charge in [0.2, 0.25) is 10.0 Å². The Balaban J connectivity index is 2.10. The molecule has 6 nitrogen and oxygen atoms in total. The zero-order valence-corrected chi connectivity index (χ0v) is 13.8. The summed E-state index contributed by atoms with van der Waals surface area (Å²) in [6, 6.07) is 7.11. The van der Waals surface area contributed by atoms with Crippen LogP contribution in [0.5, 0.6) is 0 Å². The van der Waals surface area contributed by atoms with Gasteiger partial charge in [-0.15, -0.1) is 0 Å². The van der Waals surface area contributed by atoms with Gasteiger partial charge in [0.1, 0.15) is 6.33 Å². The first kappa shape index (κ1) is 17.3. The van der Waals surface area contributed by atoms with Crippen LogP contribution in [0.3, 0.4) is 0 Å². The first-order valence-corrected chi connectivity index (χ1v) is 8.82. The summed E-state index contributed by atoms with van der Waals surface area (Å²) < 4.78 is 39.5. The van der Waals surface area contributed by atoms with E-state index >= 15 is 0 Å². The van der Waals surface area contributed by atoms with Gasteiger partial charge in [-0.2, -0.15) is 0 Å². The maximum Gasteiger partial charge on any atom is 0.215 e. The van der Waals surface area contributed by atoms with Crippen LogP contribution in [0, 0.1) is 5.82 Å². The minimum Gasteiger partial charge on any atom is -0.363 e. The monoisotopic (exact) mass is 338 g/mol. The van der Waals surface area contributed by atoms with Gasteiger partial charge in [-0.3, -0.25) is 0 Å². The van der Waals surface area contributed by atoms with E-state index in [0.717, 1.165) is 5.56 Å². The number of halogens is 1. The highest BCUT2D eigenvalue weighted by atomic mass is 32.2. The van der Waals surface area contributed by atoms with Gasteiger partial charge in [0, 0.05) is 6.54 Å². The molecule has 8 heteroatoms. The molecular weight excluding hydrogens is 319 g/mol. The van der Waals surface area contributed by atoms with Crippen LogP contribution in [0.25, 0.3) is 0 Å². The molecule has 0 aliphatic rings. The quantitative estimate of drug-likeness (QED) is 0.805. The lowest BCUT2D eigenvalue weighted by molar-refractivity contribution is 0.587. The van der Waals surface area contributed by atoms with Crippen LogP contribution in [0.1, 0.15) is 23.7 Å². The molecule has 0 radical (unpaired) electrons. The number of aryl methyl sites for hydroxylation is 1. The zero-order valence-electron chi connectivity index (χ0n) is 13.0. The van der Waals surface area contributed by atoms with Crippen molar-refractivity contribution in [2.45, 2.75) is 25.6 Å². The second kappa shape index (κ2) is 7.47. The fourth-order valence-corrected chi connectivity index (χ4v) is 2.85. The molecule has 0 aliphatic carbocycles. The van der Waals surface area contributed by atoms with Crippen molar-refractivity contribution in [3.8, 4) is 0 Å². The maximum atomic E-state index is 14.0. The van der Waals surface area contributed by atoms with Crippen LogP contribution < -0.4 is 10.0 Å². The average molecular weight is 338 g/mol. The van der Waals surface area contributed by atoms with Crippen molar-refractivity contribution < 1.29 is 12.8 Å². The van der Waals surface area contributed by atoms with Crippen molar-refractivity contribution in [1.29, 1.82) is 0 Å². The third-order valence-electron chi connectivity index (χ3n) is 3.32. The van der Waals surface area contributed by atoms with E-state index in [9.17, 15) is 12.8 Å². The van der Waals surface area contributed by atoms with Crippen LogP contribution in [-0.4, -0.2) is 25.4 Å². The smallest absolute Gasteiger partial charge is 0.215 e. The summed E-state index contributed by atoms with van der Waals surface area (Å²) in [7, 11) is -1.94. The maximum absolute atomic E-state index is 14.0. The minimum absolute atomic E-state index is 0.0980. The number of hydrogen-bond donors (Lipinski definition) is 2. The number of aromatic nitrogens is 2. The van der Waals surface area contributed by atoms with Gasteiger partial charge in [0.05, 0.1) is 11.4 Å². The topological polar surface area (TPSA) is 84.0 Å². The fourth-order valence-electron chi connectivity index (χ4n) is 2.08. The van der Waals surface area contributed by atoms with Gasteiger partial charge >= 0.3 is 0 Å². The van der Waals surface area contributed by atoms with E-state index in [-0.39, 0.29) is 11.6 Å². The van der Waals surface area contributed by atoms with Crippen molar-refractivity contribution in [1.82, 2.24) is 14.7 Å². The molecule has 2 rings (SSSR count). The highest BCUT2D eigenvalue weighted by Crippen LogP contribution is 2.15. The van der Waals surface area contributed by atoms with Gasteiger partial charge in [-0.1, -0.05) is 31.2 Å². The van der Waals surface area contributed by atoms with E-state index in [0.29, 0.717) is 24.2 Å². The second-order valence-electron chi connectivity index (χ2n) is 4.97. The molecule has 0 amide bonds. The molecule has 0 atom stereocenters. The summed E-state index contributed by atoms with van der Waals surface area (Å²) >= 11 is 0. The average Bonchev–Trinajstić information content (AvgIpc) is 2.54. The summed E-state index contributed by atoms with van der Waals surface area (Å²) in [5.41, 5.74) is 1.86. The number of nitrogens with one attached hydrogen (secondary N) is 2. The van der Waals surface area contributed by atoms with Crippen molar-refractivity contribution in [3.63, 3.8) is 0 Å². The highest BCUT2D eigenvalue weighted by Gasteiger charge is 2.11. The molecule has 0 spiro atoms. The Morgan fingerprint density at radius 2 is 1.96 bits per heavy atom. The summed E-state index contributed by atoms with van der Waals surface area (Å²) in [4.78, 5) is 7.77. The van der Waals surface area contributed by atoms with E-state index in [2.05, 4.69) is 20.0 Å². The number of hydrogen-bond acceptors (Lipinski definition) is 5. The molecule has 0 unspecified atom stereocenters. The number of nitrogens with zero attached hydrogens (tertiary/aromatic N) is 2. The molecule has 23 heavy (non-hydrogen) atoms. The van der Waals surface area contributed by atoms with E-state index in [1.165, 1.54) is 13.4 Å². The lowest BCUT2D eigenvalue weighted by atomic mass is 10.1. The molecule has 0 aliphatic heterocycles. The molecule has 0 fully saturated rings. The summed E-state index contributed by atoms with van der Waals surface area (Å²) in [6.45, 7) is 2.16. The lowest BCUT2D eigenvalue weighted by Crippen LogP contribution is -2.20. The SMILES string of the molecule is CCc1ncnc(NCc2cccc(CS(=O)(=O)NC)c2)c1F. The van der Waals surface area contributed by atoms with Gasteiger partial charge < -0.3 is 5.32 Å². The predicted molar refractivity (Wildman–Crippen MR) is 86.8 cm³/mol. The summed E-state index contributed by atoms with van der Waals surface area (Å²) in [6.07, 6.45) is 1.81. The molecule has 2 N–H and O–H groups in total. The molecule has 0 bridgehead atoms. The van der Waals surface area contributed by atoms with E-state index in [1.807, 2.05) is 13.0 Å². The van der Waals surface area contributed by atoms with E-state index < -0.39 is 15.8 Å². The number of sulfonamides is 1. The fraction of sp³-hybridized carbons (Fsp3) is 0.333. The first-order valence-electron chi connectivity index (χ1n) is 7.17. The lowest BCUT2D eigenvalue weighted by Gasteiger charge is -2.09. The Kier molecular flexibility index (Phi) is 5.62. The van der Waals surface area contributed by atoms with Crippen LogP contribution in [0.2, 0.25) is 0 Å². The van der Waals surface area contributed by atoms with Crippen molar-refractivity contribution in [2.24, 2.45) is 0 Å². The number of rotatable bonds is 7. The third-order valence-corrected chi connectivity index (χ3v) is 4.65. The predicted octanol–water partition coefficient (Wildman–Crippen LogP) is 1.84. The molecule has 2 aromatic rings. The zero-order chi connectivity index (χ0) is 16.9. The molecule has 1 heterocycles. The normalized spacial score (nSPS) is 11.4. The van der Waals surface area contributed by atoms with Crippen molar-refractivity contribution >= 4 is 15.8 Å². The van der Waals surface area contributed by atoms with Crippen LogP contribution in [-0.2, 0) is 28.7 Å². The van der Waals surface area contributed by atoms with Crippen molar-refractivity contribution in [2.75, 3.05) is 12.4 Å². The summed E-state index contributed by atoms with van der Waals surface area (Å²) in [5, 5.41) is 2.92.